The van der Waals surface area contributed by atoms with Crippen LogP contribution in [0.3, 0.4) is 0 Å². The first-order chi connectivity index (χ1) is 22.4. The summed E-state index contributed by atoms with van der Waals surface area (Å²) in [6.45, 7) is 13.2. The molecule has 2 fully saturated rings. The zero-order chi connectivity index (χ0) is 35.4. The zero-order valence-electron chi connectivity index (χ0n) is 29.2. The van der Waals surface area contributed by atoms with Crippen molar-refractivity contribution in [1.82, 2.24) is 20.4 Å². The molecule has 10 nitrogen and oxygen atoms in total. The van der Waals surface area contributed by atoms with Crippen LogP contribution >= 0.6 is 0 Å². The van der Waals surface area contributed by atoms with Crippen molar-refractivity contribution in [1.29, 1.82) is 0 Å². The summed E-state index contributed by atoms with van der Waals surface area (Å²) in [7, 11) is 0. The fourth-order valence-electron chi connectivity index (χ4n) is 6.37. The second-order valence-corrected chi connectivity index (χ2v) is 15.1. The van der Waals surface area contributed by atoms with Crippen LogP contribution in [0.1, 0.15) is 92.2 Å². The van der Waals surface area contributed by atoms with E-state index in [4.69, 9.17) is 4.74 Å². The van der Waals surface area contributed by atoms with Crippen LogP contribution in [0.25, 0.3) is 11.1 Å². The monoisotopic (exact) mass is 666 g/mol. The molecule has 4 rings (SSSR count). The maximum Gasteiger partial charge on any atom is 0.410 e. The van der Waals surface area contributed by atoms with E-state index in [1.807, 2.05) is 39.8 Å². The molecule has 0 saturated carbocycles. The summed E-state index contributed by atoms with van der Waals surface area (Å²) < 4.78 is 19.8. The third-order valence-corrected chi connectivity index (χ3v) is 8.91. The lowest BCUT2D eigenvalue weighted by atomic mass is 9.85. The van der Waals surface area contributed by atoms with Gasteiger partial charge in [0.2, 0.25) is 17.7 Å². The topological polar surface area (TPSA) is 128 Å². The number of amides is 4. The average molecular weight is 667 g/mol. The summed E-state index contributed by atoms with van der Waals surface area (Å²) in [6.07, 6.45) is 1.05. The molecule has 0 bridgehead atoms. The molecule has 4 amide bonds. The molecule has 2 aromatic carbocycles. The summed E-state index contributed by atoms with van der Waals surface area (Å²) >= 11 is 0. The molecule has 2 aromatic rings. The van der Waals surface area contributed by atoms with Gasteiger partial charge in [-0.05, 0) is 69.6 Å². The summed E-state index contributed by atoms with van der Waals surface area (Å²) in [5.41, 5.74) is 0.603. The Kier molecular flexibility index (Phi) is 11.6. The number of aliphatic hydroxyl groups excluding tert-OH is 1. The first kappa shape index (κ1) is 36.8. The Balaban J connectivity index is 1.43. The van der Waals surface area contributed by atoms with E-state index < -0.39 is 53.2 Å². The number of likely N-dealkylation sites (tertiary alicyclic amines) is 2. The number of ether oxygens (including phenoxy) is 1. The first-order valence-corrected chi connectivity index (χ1v) is 16.9. The van der Waals surface area contributed by atoms with E-state index >= 15 is 0 Å². The van der Waals surface area contributed by atoms with Crippen molar-refractivity contribution in [3.8, 4) is 11.1 Å². The van der Waals surface area contributed by atoms with Gasteiger partial charge in [0, 0.05) is 37.5 Å². The van der Waals surface area contributed by atoms with Gasteiger partial charge in [-0.1, -0.05) is 63.2 Å². The Labute approximate surface area is 283 Å². The van der Waals surface area contributed by atoms with Crippen molar-refractivity contribution in [2.75, 3.05) is 13.1 Å². The second kappa shape index (κ2) is 15.1. The lowest BCUT2D eigenvalue weighted by Crippen LogP contribution is -2.58. The minimum absolute atomic E-state index is 0.0128. The third kappa shape index (κ3) is 9.33. The predicted molar refractivity (Wildman–Crippen MR) is 181 cm³/mol. The van der Waals surface area contributed by atoms with Gasteiger partial charge in [0.05, 0.1) is 12.1 Å². The van der Waals surface area contributed by atoms with Crippen molar-refractivity contribution >= 4 is 23.8 Å². The van der Waals surface area contributed by atoms with E-state index in [1.54, 1.807) is 56.0 Å². The zero-order valence-corrected chi connectivity index (χ0v) is 29.2. The number of rotatable bonds is 8. The standard InChI is InChI=1S/C37H51FN4O6/c1-23(24-15-17-25(18-16-24)28-13-8-9-14-29(28)38)39-33(45)30-21-27(43)22-42(30)34(46)32(36(2,3)4)40-31(44)20-26-12-10-11-19-41(26)35(47)48-37(5,6)7/h8-9,13-18,23,26-27,30,32,43H,10-12,19-22H2,1-7H3,(H,39,45)(H,40,44)/t23-,26-,27+,30-,32+/m0/s1. The number of aliphatic hydroxyl groups is 1. The van der Waals surface area contributed by atoms with Crippen LogP contribution in [0.15, 0.2) is 48.5 Å². The number of nitrogens with zero attached hydrogens (tertiary/aromatic N) is 2. The van der Waals surface area contributed by atoms with E-state index in [0.29, 0.717) is 24.1 Å². The molecular weight excluding hydrogens is 615 g/mol. The molecule has 5 atom stereocenters. The number of halogens is 1. The largest absolute Gasteiger partial charge is 0.444 e. The Hall–Kier alpha value is -3.99. The van der Waals surface area contributed by atoms with Gasteiger partial charge in [0.25, 0.3) is 0 Å². The van der Waals surface area contributed by atoms with Gasteiger partial charge in [-0.3, -0.25) is 14.4 Å². The Morgan fingerprint density at radius 1 is 0.958 bits per heavy atom. The highest BCUT2D eigenvalue weighted by Crippen LogP contribution is 2.29. The van der Waals surface area contributed by atoms with Crippen LogP contribution in [0.4, 0.5) is 9.18 Å². The van der Waals surface area contributed by atoms with Crippen LogP contribution in [0, 0.1) is 11.2 Å². The Bertz CT molecular complexity index is 1470. The smallest absolute Gasteiger partial charge is 0.410 e. The summed E-state index contributed by atoms with van der Waals surface area (Å²) in [4.78, 5) is 56.9. The molecule has 0 spiro atoms. The van der Waals surface area contributed by atoms with Crippen LogP contribution < -0.4 is 10.6 Å². The second-order valence-electron chi connectivity index (χ2n) is 15.1. The molecule has 48 heavy (non-hydrogen) atoms. The molecule has 2 aliphatic heterocycles. The number of hydrogen-bond donors (Lipinski definition) is 3. The lowest BCUT2D eigenvalue weighted by molar-refractivity contribution is -0.144. The van der Waals surface area contributed by atoms with E-state index in [0.717, 1.165) is 18.4 Å². The van der Waals surface area contributed by atoms with E-state index in [9.17, 15) is 28.7 Å². The SMILES string of the molecule is C[C@H](NC(=O)[C@@H]1C[C@@H](O)CN1C(=O)[C@@H](NC(=O)C[C@@H]1CCCCN1C(=O)OC(C)(C)C)C(C)(C)C)c1ccc(-c2ccccc2F)cc1. The molecule has 0 aromatic heterocycles. The van der Waals surface area contributed by atoms with Crippen LogP contribution in [0.2, 0.25) is 0 Å². The van der Waals surface area contributed by atoms with Gasteiger partial charge < -0.3 is 30.3 Å². The van der Waals surface area contributed by atoms with E-state index in [-0.39, 0.29) is 37.2 Å². The fourth-order valence-corrected chi connectivity index (χ4v) is 6.37. The number of carbonyl (C=O) groups is 4. The summed E-state index contributed by atoms with van der Waals surface area (Å²) in [5, 5.41) is 16.5. The van der Waals surface area contributed by atoms with E-state index in [1.165, 1.54) is 11.0 Å². The lowest BCUT2D eigenvalue weighted by Gasteiger charge is -2.38. The molecular formula is C37H51FN4O6. The minimum Gasteiger partial charge on any atom is -0.444 e. The van der Waals surface area contributed by atoms with Crippen molar-refractivity contribution in [3.63, 3.8) is 0 Å². The third-order valence-electron chi connectivity index (χ3n) is 8.91. The normalized spacial score (nSPS) is 21.3. The van der Waals surface area contributed by atoms with Gasteiger partial charge in [-0.15, -0.1) is 0 Å². The van der Waals surface area contributed by atoms with Crippen molar-refractivity contribution in [3.05, 3.63) is 59.9 Å². The fraction of sp³-hybridized carbons (Fsp3) is 0.568. The first-order valence-electron chi connectivity index (χ1n) is 16.9. The number of piperidine rings is 1. The maximum absolute atomic E-state index is 14.3. The van der Waals surface area contributed by atoms with Crippen molar-refractivity contribution < 1.29 is 33.4 Å². The molecule has 2 aliphatic rings. The minimum atomic E-state index is -0.979. The molecule has 0 aliphatic carbocycles. The number of benzene rings is 2. The molecule has 2 saturated heterocycles. The quantitative estimate of drug-likeness (QED) is 0.349. The van der Waals surface area contributed by atoms with Gasteiger partial charge >= 0.3 is 6.09 Å². The Morgan fingerprint density at radius 2 is 1.62 bits per heavy atom. The average Bonchev–Trinajstić information content (AvgIpc) is 3.40. The van der Waals surface area contributed by atoms with E-state index in [2.05, 4.69) is 10.6 Å². The molecule has 2 heterocycles. The molecule has 11 heteroatoms. The highest BCUT2D eigenvalue weighted by atomic mass is 19.1. The maximum atomic E-state index is 14.3. The number of nitrogens with one attached hydrogen (secondary N) is 2. The van der Waals surface area contributed by atoms with Crippen LogP contribution in [-0.2, 0) is 19.1 Å². The summed E-state index contributed by atoms with van der Waals surface area (Å²) in [5.74, 6) is -1.57. The van der Waals surface area contributed by atoms with Crippen LogP contribution in [-0.4, -0.2) is 81.6 Å². The molecule has 0 radical (unpaired) electrons. The highest BCUT2D eigenvalue weighted by Gasteiger charge is 2.45. The number of carbonyl (C=O) groups excluding carboxylic acids is 4. The van der Waals surface area contributed by atoms with Crippen molar-refractivity contribution in [2.24, 2.45) is 5.41 Å². The van der Waals surface area contributed by atoms with Crippen LogP contribution in [0.5, 0.6) is 0 Å². The molecule has 262 valence electrons. The van der Waals surface area contributed by atoms with Gasteiger partial charge in [-0.25, -0.2) is 9.18 Å². The number of hydrogen-bond acceptors (Lipinski definition) is 6. The van der Waals surface area contributed by atoms with Gasteiger partial charge in [0.1, 0.15) is 23.5 Å². The van der Waals surface area contributed by atoms with Crippen molar-refractivity contribution in [2.45, 2.75) is 116 Å². The summed E-state index contributed by atoms with van der Waals surface area (Å²) in [6, 6.07) is 11.0. The molecule has 3 N–H and O–H groups in total. The predicted octanol–water partition coefficient (Wildman–Crippen LogP) is 5.34. The van der Waals surface area contributed by atoms with Gasteiger partial charge in [0.15, 0.2) is 0 Å². The molecule has 0 unspecified atom stereocenters. The Morgan fingerprint density at radius 3 is 2.25 bits per heavy atom. The highest BCUT2D eigenvalue weighted by molar-refractivity contribution is 5.93. The number of β-amino-alcohol motifs (C(OH)–C–C–N with tert-alkyl or cyclic N) is 1. The van der Waals surface area contributed by atoms with Gasteiger partial charge in [-0.2, -0.15) is 0 Å².